The minimum atomic E-state index is -3.40. The van der Waals surface area contributed by atoms with Gasteiger partial charge in [-0.15, -0.1) is 0 Å². The number of aliphatic carboxylic acids is 1. The summed E-state index contributed by atoms with van der Waals surface area (Å²) in [5.74, 6) is -1.42. The Labute approximate surface area is 154 Å². The van der Waals surface area contributed by atoms with Crippen LogP contribution >= 0.6 is 0 Å². The van der Waals surface area contributed by atoms with Crippen molar-refractivity contribution in [1.82, 2.24) is 4.31 Å². The molecule has 0 aliphatic carbocycles. The van der Waals surface area contributed by atoms with Gasteiger partial charge in [-0.1, -0.05) is 26.0 Å². The average Bonchev–Trinajstić information content (AvgIpc) is 2.87. The molecule has 1 fully saturated rings. The van der Waals surface area contributed by atoms with Crippen LogP contribution in [0.3, 0.4) is 0 Å². The number of sulfonamides is 1. The molecular weight excluding hydrogens is 356 g/mol. The number of rotatable bonds is 6. The van der Waals surface area contributed by atoms with Crippen LogP contribution in [0.15, 0.2) is 24.3 Å². The van der Waals surface area contributed by atoms with Crippen LogP contribution in [0.5, 0.6) is 0 Å². The fraction of sp³-hybridized carbons (Fsp3) is 0.556. The third-order valence-electron chi connectivity index (χ3n) is 4.76. The van der Waals surface area contributed by atoms with Crippen molar-refractivity contribution < 1.29 is 23.1 Å². The first-order valence-corrected chi connectivity index (χ1v) is 10.2. The molecular formula is C18H26N2O5S. The van der Waals surface area contributed by atoms with Crippen LogP contribution in [-0.4, -0.2) is 48.0 Å². The first kappa shape index (κ1) is 20.4. The summed E-state index contributed by atoms with van der Waals surface area (Å²) in [4.78, 5) is 24.0. The van der Waals surface area contributed by atoms with Gasteiger partial charge < -0.3 is 10.4 Å². The van der Waals surface area contributed by atoms with E-state index >= 15 is 0 Å². The van der Waals surface area contributed by atoms with Crippen molar-refractivity contribution in [2.75, 3.05) is 17.6 Å². The summed E-state index contributed by atoms with van der Waals surface area (Å²) in [7, 11) is -3.40. The van der Waals surface area contributed by atoms with Gasteiger partial charge in [0.15, 0.2) is 0 Å². The third-order valence-corrected chi connectivity index (χ3v) is 6.69. The number of carboxylic acids is 1. The lowest BCUT2D eigenvalue weighted by Crippen LogP contribution is -2.48. The number of anilines is 1. The zero-order valence-electron chi connectivity index (χ0n) is 15.5. The van der Waals surface area contributed by atoms with Gasteiger partial charge in [0.25, 0.3) is 0 Å². The SMILES string of the molecule is CC(C)C(C(=O)Nc1ccc(C(C)(C)C(=O)O)cc1)N1CCCS1(=O)=O. The van der Waals surface area contributed by atoms with Crippen molar-refractivity contribution in [2.45, 2.75) is 45.6 Å². The topological polar surface area (TPSA) is 104 Å². The van der Waals surface area contributed by atoms with Crippen molar-refractivity contribution in [1.29, 1.82) is 0 Å². The maximum atomic E-state index is 12.7. The van der Waals surface area contributed by atoms with Crippen LogP contribution in [0.4, 0.5) is 5.69 Å². The van der Waals surface area contributed by atoms with Gasteiger partial charge in [0, 0.05) is 12.2 Å². The van der Waals surface area contributed by atoms with Crippen molar-refractivity contribution in [3.63, 3.8) is 0 Å². The van der Waals surface area contributed by atoms with E-state index in [0.29, 0.717) is 24.2 Å². The molecule has 0 bridgehead atoms. The van der Waals surface area contributed by atoms with Crippen LogP contribution in [0.25, 0.3) is 0 Å². The highest BCUT2D eigenvalue weighted by molar-refractivity contribution is 7.89. The molecule has 144 valence electrons. The molecule has 0 aromatic heterocycles. The van der Waals surface area contributed by atoms with E-state index in [4.69, 9.17) is 0 Å². The quantitative estimate of drug-likeness (QED) is 0.784. The Bertz CT molecular complexity index is 784. The van der Waals surface area contributed by atoms with Gasteiger partial charge in [-0.2, -0.15) is 4.31 Å². The Morgan fingerprint density at radius 2 is 1.77 bits per heavy atom. The molecule has 0 radical (unpaired) electrons. The van der Waals surface area contributed by atoms with Crippen molar-refractivity contribution in [3.8, 4) is 0 Å². The summed E-state index contributed by atoms with van der Waals surface area (Å²) in [5.41, 5.74) is 0.0832. The number of nitrogens with zero attached hydrogens (tertiary/aromatic N) is 1. The number of carbonyl (C=O) groups excluding carboxylic acids is 1. The molecule has 1 amide bonds. The van der Waals surface area contributed by atoms with Gasteiger partial charge in [-0.25, -0.2) is 8.42 Å². The summed E-state index contributed by atoms with van der Waals surface area (Å²) < 4.78 is 25.6. The molecule has 1 aromatic carbocycles. The largest absolute Gasteiger partial charge is 0.481 e. The van der Waals surface area contributed by atoms with Crippen LogP contribution in [0.2, 0.25) is 0 Å². The first-order valence-electron chi connectivity index (χ1n) is 8.61. The molecule has 8 heteroatoms. The standard InChI is InChI=1S/C18H26N2O5S/c1-12(2)15(20-10-5-11-26(20,24)25)16(21)19-14-8-6-13(7-9-14)18(3,4)17(22)23/h6-9,12,15H,5,10-11H2,1-4H3,(H,19,21)(H,22,23). The van der Waals surface area contributed by atoms with E-state index in [9.17, 15) is 23.1 Å². The van der Waals surface area contributed by atoms with E-state index in [2.05, 4.69) is 5.32 Å². The molecule has 2 N–H and O–H groups in total. The summed E-state index contributed by atoms with van der Waals surface area (Å²) in [6, 6.07) is 5.81. The molecule has 1 aliphatic rings. The lowest BCUT2D eigenvalue weighted by molar-refractivity contribution is -0.142. The normalized spacial score (nSPS) is 18.7. The van der Waals surface area contributed by atoms with Crippen LogP contribution < -0.4 is 5.32 Å². The molecule has 1 aromatic rings. The van der Waals surface area contributed by atoms with Gasteiger partial charge in [0.05, 0.1) is 11.2 Å². The second kappa shape index (κ2) is 7.36. The van der Waals surface area contributed by atoms with Crippen LogP contribution in [0.1, 0.15) is 39.7 Å². The molecule has 1 saturated heterocycles. The zero-order valence-corrected chi connectivity index (χ0v) is 16.3. The highest BCUT2D eigenvalue weighted by Crippen LogP contribution is 2.26. The third kappa shape index (κ3) is 4.07. The molecule has 1 atom stereocenters. The van der Waals surface area contributed by atoms with Gasteiger partial charge in [0.2, 0.25) is 15.9 Å². The number of hydrogen-bond acceptors (Lipinski definition) is 4. The molecule has 1 aliphatic heterocycles. The van der Waals surface area contributed by atoms with Gasteiger partial charge in [-0.05, 0) is 43.9 Å². The minimum absolute atomic E-state index is 0.0719. The van der Waals surface area contributed by atoms with E-state index in [1.807, 2.05) is 13.8 Å². The van der Waals surface area contributed by atoms with E-state index < -0.39 is 27.4 Å². The fourth-order valence-electron chi connectivity index (χ4n) is 3.05. The number of hydrogen-bond donors (Lipinski definition) is 2. The Kier molecular flexibility index (Phi) is 5.77. The van der Waals surface area contributed by atoms with Crippen LogP contribution in [-0.2, 0) is 25.0 Å². The number of nitrogens with one attached hydrogen (secondary N) is 1. The smallest absolute Gasteiger partial charge is 0.313 e. The molecule has 1 unspecified atom stereocenters. The second-order valence-electron chi connectivity index (χ2n) is 7.47. The summed E-state index contributed by atoms with van der Waals surface area (Å²) in [6.45, 7) is 7.20. The monoisotopic (exact) mass is 382 g/mol. The zero-order chi connectivity index (χ0) is 19.7. The minimum Gasteiger partial charge on any atom is -0.481 e. The van der Waals surface area contributed by atoms with Gasteiger partial charge in [-0.3, -0.25) is 9.59 Å². The molecule has 0 spiro atoms. The Morgan fingerprint density at radius 1 is 1.19 bits per heavy atom. The molecule has 7 nitrogen and oxygen atoms in total. The maximum absolute atomic E-state index is 12.7. The first-order chi connectivity index (χ1) is 12.0. The average molecular weight is 382 g/mol. The number of carboxylic acid groups (broad SMARTS) is 1. The van der Waals surface area contributed by atoms with Crippen molar-refractivity contribution >= 4 is 27.6 Å². The number of amides is 1. The summed E-state index contributed by atoms with van der Waals surface area (Å²) in [6.07, 6.45) is 0.526. The predicted molar refractivity (Wildman–Crippen MR) is 99.5 cm³/mol. The Morgan fingerprint density at radius 3 is 2.19 bits per heavy atom. The van der Waals surface area contributed by atoms with Gasteiger partial charge in [0.1, 0.15) is 6.04 Å². The van der Waals surface area contributed by atoms with Crippen LogP contribution in [0, 0.1) is 5.92 Å². The second-order valence-corrected chi connectivity index (χ2v) is 9.51. The van der Waals surface area contributed by atoms with E-state index in [1.54, 1.807) is 38.1 Å². The van der Waals surface area contributed by atoms with Crippen molar-refractivity contribution in [3.05, 3.63) is 29.8 Å². The Balaban J connectivity index is 2.19. The highest BCUT2D eigenvalue weighted by Gasteiger charge is 2.40. The molecule has 2 rings (SSSR count). The van der Waals surface area contributed by atoms with Gasteiger partial charge >= 0.3 is 5.97 Å². The number of benzene rings is 1. The predicted octanol–water partition coefficient (Wildman–Crippen LogP) is 2.05. The van der Waals surface area contributed by atoms with E-state index in [1.165, 1.54) is 4.31 Å². The van der Waals surface area contributed by atoms with E-state index in [-0.39, 0.29) is 17.6 Å². The summed E-state index contributed by atoms with van der Waals surface area (Å²) >= 11 is 0. The fourth-order valence-corrected chi connectivity index (χ4v) is 4.87. The summed E-state index contributed by atoms with van der Waals surface area (Å²) in [5, 5.41) is 12.0. The van der Waals surface area contributed by atoms with Crippen molar-refractivity contribution in [2.24, 2.45) is 5.92 Å². The van der Waals surface area contributed by atoms with E-state index in [0.717, 1.165) is 0 Å². The Hall–Kier alpha value is -1.93. The number of carbonyl (C=O) groups is 2. The molecule has 26 heavy (non-hydrogen) atoms. The molecule has 0 saturated carbocycles. The highest BCUT2D eigenvalue weighted by atomic mass is 32.2. The lowest BCUT2D eigenvalue weighted by atomic mass is 9.85. The maximum Gasteiger partial charge on any atom is 0.313 e. The molecule has 1 heterocycles. The lowest BCUT2D eigenvalue weighted by Gasteiger charge is -2.28.